The predicted molar refractivity (Wildman–Crippen MR) is 118 cm³/mol. The second-order valence-electron chi connectivity index (χ2n) is 7.45. The minimum absolute atomic E-state index is 0.153. The smallest absolute Gasteiger partial charge is 0.257 e. The molecule has 6 nitrogen and oxygen atoms in total. The van der Waals surface area contributed by atoms with Gasteiger partial charge in [-0.15, -0.1) is 0 Å². The van der Waals surface area contributed by atoms with E-state index in [1.165, 1.54) is 11.1 Å². The molecule has 0 spiro atoms. The number of para-hydroxylation sites is 1. The molecule has 30 heavy (non-hydrogen) atoms. The molecule has 0 saturated heterocycles. The third kappa shape index (κ3) is 3.20. The van der Waals surface area contributed by atoms with E-state index in [-0.39, 0.29) is 11.7 Å². The number of hydrogen-bond donors (Lipinski definition) is 4. The van der Waals surface area contributed by atoms with E-state index in [1.807, 2.05) is 37.3 Å². The van der Waals surface area contributed by atoms with Crippen molar-refractivity contribution in [1.29, 1.82) is 0 Å². The van der Waals surface area contributed by atoms with Gasteiger partial charge in [0.25, 0.3) is 5.91 Å². The summed E-state index contributed by atoms with van der Waals surface area (Å²) in [5, 5.41) is 17.1. The average molecular weight is 419 g/mol. The number of fused-ring (bicyclic) bond motifs is 2. The molecule has 1 aliphatic rings. The van der Waals surface area contributed by atoms with Gasteiger partial charge in [-0.1, -0.05) is 29.8 Å². The fourth-order valence-corrected chi connectivity index (χ4v) is 4.02. The lowest BCUT2D eigenvalue weighted by molar-refractivity contribution is 0.102. The molecule has 0 atom stereocenters. The summed E-state index contributed by atoms with van der Waals surface area (Å²) in [5.41, 5.74) is 5.95. The first-order chi connectivity index (χ1) is 14.5. The van der Waals surface area contributed by atoms with Crippen LogP contribution in [0.1, 0.15) is 27.0 Å². The molecule has 3 aromatic carbocycles. The lowest BCUT2D eigenvalue weighted by Crippen LogP contribution is -2.13. The number of carbonyl (C=O) groups excluding carboxylic acids is 1. The maximum Gasteiger partial charge on any atom is 0.257 e. The van der Waals surface area contributed by atoms with E-state index in [4.69, 9.17) is 11.6 Å². The Labute approximate surface area is 177 Å². The van der Waals surface area contributed by atoms with E-state index >= 15 is 0 Å². The van der Waals surface area contributed by atoms with Crippen molar-refractivity contribution in [2.24, 2.45) is 0 Å². The van der Waals surface area contributed by atoms with Crippen molar-refractivity contribution < 1.29 is 9.90 Å². The van der Waals surface area contributed by atoms with Crippen LogP contribution < -0.4 is 10.6 Å². The summed E-state index contributed by atoms with van der Waals surface area (Å²) < 4.78 is 0. The number of nitrogens with zero attached hydrogens (tertiary/aromatic N) is 1. The lowest BCUT2D eigenvalue weighted by Gasteiger charge is -2.08. The number of anilines is 1. The zero-order chi connectivity index (χ0) is 20.8. The highest BCUT2D eigenvalue weighted by atomic mass is 35.5. The van der Waals surface area contributed by atoms with Crippen LogP contribution in [0.25, 0.3) is 22.4 Å². The molecule has 7 heteroatoms. The Morgan fingerprint density at radius 3 is 2.83 bits per heavy atom. The Kier molecular flexibility index (Phi) is 4.46. The zero-order valence-corrected chi connectivity index (χ0v) is 17.0. The number of nitrogens with one attached hydrogen (secondary N) is 3. The number of halogens is 1. The van der Waals surface area contributed by atoms with Crippen molar-refractivity contribution in [2.45, 2.75) is 20.0 Å². The molecule has 1 aromatic heterocycles. The van der Waals surface area contributed by atoms with Gasteiger partial charge < -0.3 is 20.7 Å². The van der Waals surface area contributed by atoms with Crippen LogP contribution in [0, 0.1) is 6.92 Å². The summed E-state index contributed by atoms with van der Waals surface area (Å²) in [7, 11) is 0. The number of rotatable bonds is 3. The average Bonchev–Trinajstić information content (AvgIpc) is 3.35. The van der Waals surface area contributed by atoms with Gasteiger partial charge in [-0.25, -0.2) is 4.98 Å². The first-order valence-corrected chi connectivity index (χ1v) is 9.99. The topological polar surface area (TPSA) is 90.0 Å². The van der Waals surface area contributed by atoms with Gasteiger partial charge >= 0.3 is 0 Å². The van der Waals surface area contributed by atoms with Gasteiger partial charge in [0.15, 0.2) is 0 Å². The predicted octanol–water partition coefficient (Wildman–Crippen LogP) is 4.75. The molecule has 4 aromatic rings. The van der Waals surface area contributed by atoms with Crippen LogP contribution in [0.15, 0.2) is 48.5 Å². The highest BCUT2D eigenvalue weighted by Crippen LogP contribution is 2.33. The van der Waals surface area contributed by atoms with E-state index in [0.29, 0.717) is 33.0 Å². The molecule has 1 aliphatic heterocycles. The Hall–Kier alpha value is -3.35. The molecule has 0 saturated carbocycles. The summed E-state index contributed by atoms with van der Waals surface area (Å²) in [5.74, 6) is 0.339. The molecule has 0 fully saturated rings. The summed E-state index contributed by atoms with van der Waals surface area (Å²) in [6.45, 7) is 3.47. The van der Waals surface area contributed by atoms with Crippen molar-refractivity contribution in [3.05, 3.63) is 75.8 Å². The molecule has 4 N–H and O–H groups in total. The molecular formula is C23H19ClN4O2. The third-order valence-corrected chi connectivity index (χ3v) is 5.60. The fraction of sp³-hybridized carbons (Fsp3) is 0.130. The van der Waals surface area contributed by atoms with Crippen molar-refractivity contribution in [3.63, 3.8) is 0 Å². The van der Waals surface area contributed by atoms with Crippen molar-refractivity contribution in [1.82, 2.24) is 15.3 Å². The molecular weight excluding hydrogens is 400 g/mol. The van der Waals surface area contributed by atoms with Gasteiger partial charge in [-0.2, -0.15) is 0 Å². The fourth-order valence-electron chi connectivity index (χ4n) is 3.80. The Bertz CT molecular complexity index is 1310. The van der Waals surface area contributed by atoms with E-state index in [9.17, 15) is 9.90 Å². The van der Waals surface area contributed by atoms with Crippen LogP contribution in [0.3, 0.4) is 0 Å². The highest BCUT2D eigenvalue weighted by molar-refractivity contribution is 6.32. The maximum absolute atomic E-state index is 13.1. The number of H-pyrrole nitrogens is 1. The number of aryl methyl sites for hydroxylation is 1. The van der Waals surface area contributed by atoms with Gasteiger partial charge in [-0.05, 0) is 53.9 Å². The van der Waals surface area contributed by atoms with Crippen LogP contribution in [0.5, 0.6) is 5.75 Å². The van der Waals surface area contributed by atoms with Crippen molar-refractivity contribution >= 4 is 34.2 Å². The van der Waals surface area contributed by atoms with E-state index in [1.54, 1.807) is 18.2 Å². The number of benzene rings is 3. The van der Waals surface area contributed by atoms with Crippen molar-refractivity contribution in [2.75, 3.05) is 5.32 Å². The van der Waals surface area contributed by atoms with E-state index in [2.05, 4.69) is 20.6 Å². The number of aromatic hydroxyl groups is 1. The molecule has 1 amide bonds. The minimum atomic E-state index is -0.292. The maximum atomic E-state index is 13.1. The van der Waals surface area contributed by atoms with E-state index in [0.717, 1.165) is 24.3 Å². The number of aromatic nitrogens is 2. The van der Waals surface area contributed by atoms with Crippen LogP contribution in [-0.4, -0.2) is 21.0 Å². The highest BCUT2D eigenvalue weighted by Gasteiger charge is 2.19. The van der Waals surface area contributed by atoms with Gasteiger partial charge in [0.05, 0.1) is 16.6 Å². The molecule has 150 valence electrons. The Balaban J connectivity index is 1.54. The minimum Gasteiger partial charge on any atom is -0.507 e. The van der Waals surface area contributed by atoms with Crippen LogP contribution >= 0.6 is 11.6 Å². The van der Waals surface area contributed by atoms with Gasteiger partial charge in [-0.3, -0.25) is 4.79 Å². The standard InChI is InChI=1S/C23H19ClN4O2/c1-12-3-2-4-17(21(12)29)22-27-19-9-15(24)8-18(20(19)28-22)23(30)26-16-6-5-13-10-25-11-14(13)7-16/h2-9,25,29H,10-11H2,1H3,(H,26,30)(H,27,28). The number of carbonyl (C=O) groups is 1. The first-order valence-electron chi connectivity index (χ1n) is 9.61. The summed E-state index contributed by atoms with van der Waals surface area (Å²) >= 11 is 6.27. The summed E-state index contributed by atoms with van der Waals surface area (Å²) in [4.78, 5) is 20.8. The van der Waals surface area contributed by atoms with Crippen LogP contribution in [0.2, 0.25) is 5.02 Å². The van der Waals surface area contributed by atoms with E-state index < -0.39 is 0 Å². The second kappa shape index (κ2) is 7.16. The SMILES string of the molecule is Cc1cccc(-c2nc3c(C(=O)Nc4ccc5c(c4)CNC5)cc(Cl)cc3[nH]2)c1O. The first kappa shape index (κ1) is 18.7. The number of phenolic OH excluding ortho intramolecular Hbond substituents is 1. The number of imidazole rings is 1. The number of aromatic amines is 1. The molecule has 0 radical (unpaired) electrons. The van der Waals surface area contributed by atoms with Gasteiger partial charge in [0, 0.05) is 23.8 Å². The molecule has 0 bridgehead atoms. The molecule has 0 aliphatic carbocycles. The lowest BCUT2D eigenvalue weighted by atomic mass is 10.1. The molecule has 5 rings (SSSR count). The zero-order valence-electron chi connectivity index (χ0n) is 16.2. The third-order valence-electron chi connectivity index (χ3n) is 5.38. The van der Waals surface area contributed by atoms with Crippen LogP contribution in [0.4, 0.5) is 5.69 Å². The van der Waals surface area contributed by atoms with Crippen LogP contribution in [-0.2, 0) is 13.1 Å². The number of amides is 1. The number of hydrogen-bond acceptors (Lipinski definition) is 4. The van der Waals surface area contributed by atoms with Gasteiger partial charge in [0.2, 0.25) is 0 Å². The summed E-state index contributed by atoms with van der Waals surface area (Å²) in [6, 6.07) is 14.7. The normalized spacial score (nSPS) is 12.9. The number of phenols is 1. The summed E-state index contributed by atoms with van der Waals surface area (Å²) in [6.07, 6.45) is 0. The Morgan fingerprint density at radius 2 is 1.97 bits per heavy atom. The second-order valence-corrected chi connectivity index (χ2v) is 7.88. The van der Waals surface area contributed by atoms with Crippen molar-refractivity contribution in [3.8, 4) is 17.1 Å². The largest absolute Gasteiger partial charge is 0.507 e. The molecule has 0 unspecified atom stereocenters. The monoisotopic (exact) mass is 418 g/mol. The van der Waals surface area contributed by atoms with Gasteiger partial charge in [0.1, 0.15) is 17.1 Å². The quantitative estimate of drug-likeness (QED) is 0.386. The Morgan fingerprint density at radius 1 is 1.13 bits per heavy atom. The molecule has 2 heterocycles.